The molecule has 0 unspecified atom stereocenters. The monoisotopic (exact) mass is 403 g/mol. The zero-order chi connectivity index (χ0) is 18.5. The van der Waals surface area contributed by atoms with E-state index in [9.17, 15) is 4.79 Å². The third kappa shape index (κ3) is 5.42. The molecule has 0 radical (unpaired) electrons. The van der Waals surface area contributed by atoms with Gasteiger partial charge in [0.15, 0.2) is 0 Å². The highest BCUT2D eigenvalue weighted by atomic mass is 35.5. The molecule has 0 aliphatic heterocycles. The number of pyridine rings is 1. The van der Waals surface area contributed by atoms with E-state index >= 15 is 0 Å². The van der Waals surface area contributed by atoms with Gasteiger partial charge in [-0.3, -0.25) is 4.79 Å². The molecule has 1 heterocycles. The summed E-state index contributed by atoms with van der Waals surface area (Å²) in [6, 6.07) is 17.1. The van der Waals surface area contributed by atoms with Crippen LogP contribution in [0.15, 0.2) is 54.6 Å². The molecule has 0 spiro atoms. The van der Waals surface area contributed by atoms with Crippen molar-refractivity contribution in [1.82, 2.24) is 15.2 Å². The van der Waals surface area contributed by atoms with Gasteiger partial charge in [-0.15, -0.1) is 12.4 Å². The van der Waals surface area contributed by atoms with E-state index in [4.69, 9.17) is 16.6 Å². The fourth-order valence-corrected chi connectivity index (χ4v) is 3.00. The molecule has 2 aromatic carbocycles. The second kappa shape index (κ2) is 9.70. The Kier molecular flexibility index (Phi) is 7.60. The van der Waals surface area contributed by atoms with Crippen molar-refractivity contribution in [1.29, 1.82) is 0 Å². The highest BCUT2D eigenvalue weighted by Crippen LogP contribution is 2.26. The first-order valence-electron chi connectivity index (χ1n) is 8.63. The van der Waals surface area contributed by atoms with E-state index < -0.39 is 0 Å². The minimum Gasteiger partial charge on any atom is -0.352 e. The Morgan fingerprint density at radius 2 is 1.85 bits per heavy atom. The minimum atomic E-state index is -0.0874. The number of rotatable bonds is 6. The molecule has 142 valence electrons. The third-order valence-corrected chi connectivity index (χ3v) is 4.39. The van der Waals surface area contributed by atoms with Crippen molar-refractivity contribution in [2.45, 2.75) is 6.42 Å². The average Bonchev–Trinajstić information content (AvgIpc) is 2.64. The van der Waals surface area contributed by atoms with Crippen LogP contribution in [0.3, 0.4) is 0 Å². The van der Waals surface area contributed by atoms with Crippen molar-refractivity contribution < 1.29 is 4.79 Å². The van der Waals surface area contributed by atoms with Crippen LogP contribution in [-0.4, -0.2) is 43.0 Å². The van der Waals surface area contributed by atoms with E-state index in [1.54, 1.807) is 12.1 Å². The van der Waals surface area contributed by atoms with Crippen molar-refractivity contribution in [3.63, 3.8) is 0 Å². The zero-order valence-corrected chi connectivity index (χ0v) is 17.0. The number of amides is 1. The predicted octanol–water partition coefficient (Wildman–Crippen LogP) is 4.66. The smallest absolute Gasteiger partial charge is 0.252 e. The van der Waals surface area contributed by atoms with Gasteiger partial charge in [0.05, 0.1) is 16.8 Å². The second-order valence-corrected chi connectivity index (χ2v) is 6.93. The van der Waals surface area contributed by atoms with Crippen LogP contribution < -0.4 is 5.32 Å². The van der Waals surface area contributed by atoms with Gasteiger partial charge < -0.3 is 10.2 Å². The van der Waals surface area contributed by atoms with Crippen molar-refractivity contribution in [2.75, 3.05) is 27.2 Å². The number of aromatic nitrogens is 1. The van der Waals surface area contributed by atoms with Gasteiger partial charge in [-0.05, 0) is 45.3 Å². The summed E-state index contributed by atoms with van der Waals surface area (Å²) in [5.41, 5.74) is 3.07. The molecule has 0 aliphatic carbocycles. The van der Waals surface area contributed by atoms with Crippen molar-refractivity contribution >= 4 is 40.8 Å². The number of hydrogen-bond donors (Lipinski definition) is 1. The van der Waals surface area contributed by atoms with E-state index in [0.717, 1.165) is 35.1 Å². The quantitative estimate of drug-likeness (QED) is 0.608. The number of nitrogens with zero attached hydrogens (tertiary/aromatic N) is 2. The molecule has 1 amide bonds. The number of halogens is 2. The fraction of sp³-hybridized carbons (Fsp3) is 0.238. The Bertz CT molecular complexity index is 914. The summed E-state index contributed by atoms with van der Waals surface area (Å²) in [7, 11) is 4.04. The summed E-state index contributed by atoms with van der Waals surface area (Å²) < 4.78 is 0. The largest absolute Gasteiger partial charge is 0.352 e. The Morgan fingerprint density at radius 3 is 2.56 bits per heavy atom. The summed E-state index contributed by atoms with van der Waals surface area (Å²) in [6.07, 6.45) is 0.902. The number of hydrogen-bond acceptors (Lipinski definition) is 3. The molecule has 0 saturated carbocycles. The van der Waals surface area contributed by atoms with Gasteiger partial charge in [0, 0.05) is 22.5 Å². The minimum absolute atomic E-state index is 0. The summed E-state index contributed by atoms with van der Waals surface area (Å²) in [6.45, 7) is 1.57. The first-order valence-corrected chi connectivity index (χ1v) is 9.01. The van der Waals surface area contributed by atoms with Crippen LogP contribution in [0.5, 0.6) is 0 Å². The molecule has 1 N–H and O–H groups in total. The molecule has 0 fully saturated rings. The SMILES string of the molecule is CN(C)CCCNC(=O)c1cc(-c2ccccc2)nc2cc(Cl)ccc12.Cl. The lowest BCUT2D eigenvalue weighted by Gasteiger charge is -2.12. The van der Waals surface area contributed by atoms with E-state index in [-0.39, 0.29) is 18.3 Å². The first kappa shape index (κ1) is 21.2. The van der Waals surface area contributed by atoms with E-state index in [1.807, 2.05) is 56.6 Å². The summed E-state index contributed by atoms with van der Waals surface area (Å²) in [4.78, 5) is 19.6. The van der Waals surface area contributed by atoms with Gasteiger partial charge in [-0.1, -0.05) is 48.0 Å². The normalized spacial score (nSPS) is 10.7. The number of fused-ring (bicyclic) bond motifs is 1. The lowest BCUT2D eigenvalue weighted by molar-refractivity contribution is 0.0954. The second-order valence-electron chi connectivity index (χ2n) is 6.50. The van der Waals surface area contributed by atoms with Crippen LogP contribution in [0.4, 0.5) is 0 Å². The fourth-order valence-electron chi connectivity index (χ4n) is 2.84. The lowest BCUT2D eigenvalue weighted by atomic mass is 10.0. The zero-order valence-electron chi connectivity index (χ0n) is 15.4. The molecule has 6 heteroatoms. The molecule has 27 heavy (non-hydrogen) atoms. The van der Waals surface area contributed by atoms with Gasteiger partial charge in [0.1, 0.15) is 0 Å². The summed E-state index contributed by atoms with van der Waals surface area (Å²) in [5.74, 6) is -0.0874. The molecule has 3 aromatic rings. The van der Waals surface area contributed by atoms with Crippen LogP contribution >= 0.6 is 24.0 Å². The Hall–Kier alpha value is -2.14. The summed E-state index contributed by atoms with van der Waals surface area (Å²) >= 11 is 6.14. The maximum atomic E-state index is 12.8. The molecular formula is C21H23Cl2N3O. The maximum absolute atomic E-state index is 12.8. The number of carbonyl (C=O) groups is 1. The molecular weight excluding hydrogens is 381 g/mol. The molecule has 3 rings (SSSR count). The van der Waals surface area contributed by atoms with Crippen molar-refractivity contribution in [3.05, 3.63) is 65.2 Å². The Labute approximate surface area is 171 Å². The van der Waals surface area contributed by atoms with Gasteiger partial charge in [-0.25, -0.2) is 4.98 Å². The van der Waals surface area contributed by atoms with Crippen LogP contribution in [0.25, 0.3) is 22.2 Å². The predicted molar refractivity (Wildman–Crippen MR) is 115 cm³/mol. The third-order valence-electron chi connectivity index (χ3n) is 4.15. The Morgan fingerprint density at radius 1 is 1.11 bits per heavy atom. The first-order chi connectivity index (χ1) is 12.5. The number of nitrogens with one attached hydrogen (secondary N) is 1. The van der Waals surface area contributed by atoms with Gasteiger partial charge in [0.2, 0.25) is 0 Å². The standard InChI is InChI=1S/C21H22ClN3O.ClH/c1-25(2)12-6-11-23-21(26)18-14-19(15-7-4-3-5-8-15)24-20-13-16(22)9-10-17(18)20;/h3-5,7-10,13-14H,6,11-12H2,1-2H3,(H,23,26);1H. The van der Waals surface area contributed by atoms with Crippen LogP contribution in [0.2, 0.25) is 5.02 Å². The summed E-state index contributed by atoms with van der Waals surface area (Å²) in [5, 5.41) is 4.42. The lowest BCUT2D eigenvalue weighted by Crippen LogP contribution is -2.27. The van der Waals surface area contributed by atoms with Gasteiger partial charge in [-0.2, -0.15) is 0 Å². The van der Waals surface area contributed by atoms with Gasteiger partial charge >= 0.3 is 0 Å². The van der Waals surface area contributed by atoms with Crippen molar-refractivity contribution in [2.24, 2.45) is 0 Å². The van der Waals surface area contributed by atoms with Gasteiger partial charge in [0.25, 0.3) is 5.91 Å². The topological polar surface area (TPSA) is 45.2 Å². The molecule has 4 nitrogen and oxygen atoms in total. The average molecular weight is 404 g/mol. The highest BCUT2D eigenvalue weighted by Gasteiger charge is 2.14. The van der Waals surface area contributed by atoms with E-state index in [2.05, 4.69) is 10.2 Å². The van der Waals surface area contributed by atoms with E-state index in [1.165, 1.54) is 0 Å². The number of benzene rings is 2. The maximum Gasteiger partial charge on any atom is 0.252 e. The number of carbonyl (C=O) groups excluding carboxylic acids is 1. The highest BCUT2D eigenvalue weighted by molar-refractivity contribution is 6.31. The van der Waals surface area contributed by atoms with E-state index in [0.29, 0.717) is 17.1 Å². The molecule has 0 bridgehead atoms. The molecule has 0 aliphatic rings. The van der Waals surface area contributed by atoms with Crippen LogP contribution in [0.1, 0.15) is 16.8 Å². The van der Waals surface area contributed by atoms with Crippen LogP contribution in [0, 0.1) is 0 Å². The Balaban J connectivity index is 0.00000261. The molecule has 0 saturated heterocycles. The molecule has 0 atom stereocenters. The molecule has 1 aromatic heterocycles. The van der Waals surface area contributed by atoms with Crippen molar-refractivity contribution in [3.8, 4) is 11.3 Å². The van der Waals surface area contributed by atoms with Crippen LogP contribution in [-0.2, 0) is 0 Å².